The first-order valence-electron chi connectivity index (χ1n) is 7.66. The zero-order chi connectivity index (χ0) is 13.7. The highest BCUT2D eigenvalue weighted by atomic mass is 15.2. The van der Waals surface area contributed by atoms with E-state index in [2.05, 4.69) is 35.9 Å². The third-order valence-electron chi connectivity index (χ3n) is 4.14. The molecule has 3 heteroatoms. The molecule has 106 valence electrons. The van der Waals surface area contributed by atoms with Crippen LogP contribution in [0.25, 0.3) is 0 Å². The van der Waals surface area contributed by atoms with E-state index >= 15 is 0 Å². The molecule has 0 radical (unpaired) electrons. The van der Waals surface area contributed by atoms with Crippen LogP contribution in [0.2, 0.25) is 0 Å². The van der Waals surface area contributed by atoms with Crippen LogP contribution in [0.1, 0.15) is 57.7 Å². The number of hydrogen-bond donors (Lipinski definition) is 1. The van der Waals surface area contributed by atoms with Gasteiger partial charge in [-0.2, -0.15) is 0 Å². The minimum Gasteiger partial charge on any atom is -0.326 e. The lowest BCUT2D eigenvalue weighted by atomic mass is 9.93. The first-order chi connectivity index (χ1) is 9.24. The molecule has 0 spiro atoms. The van der Waals surface area contributed by atoms with Gasteiger partial charge in [0.15, 0.2) is 0 Å². The number of aromatic nitrogens is 1. The summed E-state index contributed by atoms with van der Waals surface area (Å²) in [5.74, 6) is 0. The lowest BCUT2D eigenvalue weighted by Crippen LogP contribution is -2.47. The maximum atomic E-state index is 6.28. The molecule has 1 saturated heterocycles. The van der Waals surface area contributed by atoms with E-state index in [1.54, 1.807) is 0 Å². The summed E-state index contributed by atoms with van der Waals surface area (Å²) in [5.41, 5.74) is 7.40. The number of hydrogen-bond acceptors (Lipinski definition) is 3. The average Bonchev–Trinajstić information content (AvgIpc) is 2.42. The van der Waals surface area contributed by atoms with Gasteiger partial charge in [0.25, 0.3) is 0 Å². The number of nitrogens with two attached hydrogens (primary N) is 1. The molecule has 0 amide bonds. The smallest absolute Gasteiger partial charge is 0.0673 e. The molecule has 2 heterocycles. The highest BCUT2D eigenvalue weighted by Gasteiger charge is 2.32. The molecule has 1 aliphatic rings. The van der Waals surface area contributed by atoms with Gasteiger partial charge in [-0.25, -0.2) is 0 Å². The van der Waals surface area contributed by atoms with Gasteiger partial charge in [-0.3, -0.25) is 9.88 Å². The number of rotatable bonds is 5. The van der Waals surface area contributed by atoms with Gasteiger partial charge in [0.2, 0.25) is 0 Å². The Balaban J connectivity index is 2.22. The average molecular weight is 261 g/mol. The monoisotopic (exact) mass is 261 g/mol. The molecule has 1 aromatic rings. The molecule has 3 nitrogen and oxygen atoms in total. The van der Waals surface area contributed by atoms with Gasteiger partial charge in [-0.1, -0.05) is 25.8 Å². The normalized spacial score (nSPS) is 24.1. The molecule has 0 aromatic carbocycles. The number of piperidine rings is 1. The van der Waals surface area contributed by atoms with E-state index in [0.717, 1.165) is 12.2 Å². The lowest BCUT2D eigenvalue weighted by Gasteiger charge is -2.42. The molecule has 2 N–H and O–H groups in total. The van der Waals surface area contributed by atoms with Gasteiger partial charge >= 0.3 is 0 Å². The molecule has 0 aliphatic carbocycles. The molecule has 19 heavy (non-hydrogen) atoms. The van der Waals surface area contributed by atoms with E-state index in [0.29, 0.717) is 6.04 Å². The van der Waals surface area contributed by atoms with Crippen molar-refractivity contribution in [2.24, 2.45) is 5.73 Å². The fraction of sp³-hybridized carbons (Fsp3) is 0.688. The van der Waals surface area contributed by atoms with Crippen molar-refractivity contribution in [3.05, 3.63) is 30.1 Å². The van der Waals surface area contributed by atoms with E-state index in [9.17, 15) is 0 Å². The van der Waals surface area contributed by atoms with Gasteiger partial charge in [0.1, 0.15) is 0 Å². The van der Waals surface area contributed by atoms with Crippen LogP contribution in [0.15, 0.2) is 24.4 Å². The minimum atomic E-state index is 0.118. The Morgan fingerprint density at radius 2 is 2.26 bits per heavy atom. The van der Waals surface area contributed by atoms with Crippen molar-refractivity contribution in [3.63, 3.8) is 0 Å². The van der Waals surface area contributed by atoms with Crippen molar-refractivity contribution < 1.29 is 0 Å². The summed E-state index contributed by atoms with van der Waals surface area (Å²) in [6.07, 6.45) is 8.35. The Morgan fingerprint density at radius 1 is 1.42 bits per heavy atom. The van der Waals surface area contributed by atoms with Crippen molar-refractivity contribution in [3.8, 4) is 0 Å². The van der Waals surface area contributed by atoms with Gasteiger partial charge in [-0.05, 0) is 44.9 Å². The molecule has 1 aromatic heterocycles. The van der Waals surface area contributed by atoms with Gasteiger partial charge in [0, 0.05) is 18.3 Å². The summed E-state index contributed by atoms with van der Waals surface area (Å²) in [5, 5.41) is 0. The fourth-order valence-corrected chi connectivity index (χ4v) is 3.32. The molecule has 0 saturated carbocycles. The molecule has 3 atom stereocenters. The maximum Gasteiger partial charge on any atom is 0.0673 e. The van der Waals surface area contributed by atoms with E-state index in [4.69, 9.17) is 5.73 Å². The van der Waals surface area contributed by atoms with E-state index < -0.39 is 0 Å². The van der Waals surface area contributed by atoms with Crippen molar-refractivity contribution in [1.82, 2.24) is 9.88 Å². The second kappa shape index (κ2) is 7.01. The molecule has 0 bridgehead atoms. The quantitative estimate of drug-likeness (QED) is 0.885. The van der Waals surface area contributed by atoms with Crippen LogP contribution in [-0.2, 0) is 0 Å². The first-order valence-corrected chi connectivity index (χ1v) is 7.66. The summed E-state index contributed by atoms with van der Waals surface area (Å²) >= 11 is 0. The summed E-state index contributed by atoms with van der Waals surface area (Å²) in [6, 6.07) is 7.21. The van der Waals surface area contributed by atoms with E-state index in [1.807, 2.05) is 12.3 Å². The molecule has 3 unspecified atom stereocenters. The highest BCUT2D eigenvalue weighted by molar-refractivity contribution is 5.12. The van der Waals surface area contributed by atoms with Crippen LogP contribution < -0.4 is 5.73 Å². The summed E-state index contributed by atoms with van der Waals surface area (Å²) in [4.78, 5) is 7.16. The van der Waals surface area contributed by atoms with Crippen LogP contribution in [0.3, 0.4) is 0 Å². The topological polar surface area (TPSA) is 42.2 Å². The maximum absolute atomic E-state index is 6.28. The Hall–Kier alpha value is -0.930. The first kappa shape index (κ1) is 14.5. The second-order valence-electron chi connectivity index (χ2n) is 5.73. The van der Waals surface area contributed by atoms with E-state index in [-0.39, 0.29) is 12.1 Å². The SMILES string of the molecule is CCCC1CCCCN1C(c1ccccn1)C(C)N. The fourth-order valence-electron chi connectivity index (χ4n) is 3.32. The molecule has 1 aliphatic heterocycles. The predicted octanol–water partition coefficient (Wildman–Crippen LogP) is 3.12. The van der Waals surface area contributed by atoms with Crippen LogP contribution in [0, 0.1) is 0 Å². The van der Waals surface area contributed by atoms with Crippen LogP contribution in [-0.4, -0.2) is 28.5 Å². The third kappa shape index (κ3) is 3.54. The molecular formula is C16H27N3. The standard InChI is InChI=1S/C16H27N3/c1-3-8-14-9-5-7-12-19(14)16(13(2)17)15-10-4-6-11-18-15/h4,6,10-11,13-14,16H,3,5,7-9,12,17H2,1-2H3. The summed E-state index contributed by atoms with van der Waals surface area (Å²) in [7, 11) is 0. The zero-order valence-electron chi connectivity index (χ0n) is 12.3. The van der Waals surface area contributed by atoms with E-state index in [1.165, 1.54) is 32.1 Å². The predicted molar refractivity (Wildman–Crippen MR) is 79.9 cm³/mol. The van der Waals surface area contributed by atoms with Crippen molar-refractivity contribution in [2.75, 3.05) is 6.54 Å². The number of pyridine rings is 1. The number of nitrogens with zero attached hydrogens (tertiary/aromatic N) is 2. The van der Waals surface area contributed by atoms with Crippen LogP contribution in [0.4, 0.5) is 0 Å². The third-order valence-corrected chi connectivity index (χ3v) is 4.14. The number of likely N-dealkylation sites (tertiary alicyclic amines) is 1. The van der Waals surface area contributed by atoms with Gasteiger partial charge in [-0.15, -0.1) is 0 Å². The van der Waals surface area contributed by atoms with Gasteiger partial charge in [0.05, 0.1) is 11.7 Å². The largest absolute Gasteiger partial charge is 0.326 e. The molecular weight excluding hydrogens is 234 g/mol. The van der Waals surface area contributed by atoms with Crippen molar-refractivity contribution in [2.45, 2.75) is 64.1 Å². The molecule has 1 fully saturated rings. The Morgan fingerprint density at radius 3 is 2.89 bits per heavy atom. The molecule has 2 rings (SSSR count). The van der Waals surface area contributed by atoms with Crippen molar-refractivity contribution >= 4 is 0 Å². The highest BCUT2D eigenvalue weighted by Crippen LogP contribution is 2.31. The minimum absolute atomic E-state index is 0.118. The van der Waals surface area contributed by atoms with Crippen molar-refractivity contribution in [1.29, 1.82) is 0 Å². The Labute approximate surface area is 117 Å². The summed E-state index contributed by atoms with van der Waals surface area (Å²) in [6.45, 7) is 5.54. The lowest BCUT2D eigenvalue weighted by molar-refractivity contribution is 0.0743. The zero-order valence-corrected chi connectivity index (χ0v) is 12.3. The van der Waals surface area contributed by atoms with Crippen LogP contribution in [0.5, 0.6) is 0 Å². The van der Waals surface area contributed by atoms with Gasteiger partial charge < -0.3 is 5.73 Å². The Bertz CT molecular complexity index is 362. The second-order valence-corrected chi connectivity index (χ2v) is 5.73. The summed E-state index contributed by atoms with van der Waals surface area (Å²) < 4.78 is 0. The Kier molecular flexibility index (Phi) is 5.34. The van der Waals surface area contributed by atoms with Crippen LogP contribution >= 0.6 is 0 Å².